The number of nitrogens with one attached hydrogen (secondary N) is 2. The third-order valence-electron chi connectivity index (χ3n) is 3.22. The summed E-state index contributed by atoms with van der Waals surface area (Å²) in [6, 6.07) is 6.98. The molecule has 7 nitrogen and oxygen atoms in total. The van der Waals surface area contributed by atoms with Crippen LogP contribution in [0.4, 0.5) is 0 Å². The molecule has 0 spiro atoms. The smallest absolute Gasteiger partial charge is 0.342 e. The van der Waals surface area contributed by atoms with Gasteiger partial charge < -0.3 is 19.5 Å². The average molecular weight is 312 g/mol. The summed E-state index contributed by atoms with van der Waals surface area (Å²) in [6.45, 7) is 1.45. The molecule has 2 aromatic rings. The van der Waals surface area contributed by atoms with Gasteiger partial charge in [-0.2, -0.15) is 0 Å². The van der Waals surface area contributed by atoms with Gasteiger partial charge in [0, 0.05) is 18.2 Å². The number of aromatic nitrogens is 1. The van der Waals surface area contributed by atoms with Gasteiger partial charge in [0.1, 0.15) is 11.5 Å². The largest absolute Gasteiger partial charge is 0.497 e. The number of benzene rings is 1. The lowest BCUT2D eigenvalue weighted by atomic mass is 10.1. The van der Waals surface area contributed by atoms with Crippen molar-refractivity contribution in [3.05, 3.63) is 40.2 Å². The second-order valence-corrected chi connectivity index (χ2v) is 6.68. The van der Waals surface area contributed by atoms with Gasteiger partial charge in [0.25, 0.3) is 5.56 Å². The summed E-state index contributed by atoms with van der Waals surface area (Å²) in [4.78, 5) is 32.7. The van der Waals surface area contributed by atoms with Crippen molar-refractivity contribution in [2.45, 2.75) is 19.3 Å². The van der Waals surface area contributed by atoms with Gasteiger partial charge >= 0.3 is 7.60 Å². The topological polar surface area (TPSA) is 112 Å². The molecule has 0 aliphatic rings. The van der Waals surface area contributed by atoms with E-state index < -0.39 is 13.4 Å². The summed E-state index contributed by atoms with van der Waals surface area (Å²) in [5.74, 6) is -0.373. The first-order chi connectivity index (χ1) is 9.81. The molecule has 0 amide bonds. The maximum atomic E-state index is 12.0. The molecule has 0 saturated carbocycles. The Morgan fingerprint density at radius 1 is 1.38 bits per heavy atom. The van der Waals surface area contributed by atoms with Crippen LogP contribution >= 0.6 is 7.60 Å². The van der Waals surface area contributed by atoms with E-state index in [-0.39, 0.29) is 12.1 Å². The number of pyridine rings is 1. The van der Waals surface area contributed by atoms with E-state index in [1.807, 2.05) is 0 Å². The minimum absolute atomic E-state index is 0.0730. The second-order valence-electron chi connectivity index (χ2n) is 4.72. The lowest BCUT2D eigenvalue weighted by molar-refractivity contribution is 0.350. The van der Waals surface area contributed by atoms with Crippen LogP contribution in [0.3, 0.4) is 0 Å². The molecule has 21 heavy (non-hydrogen) atoms. The second kappa shape index (κ2) is 5.99. The van der Waals surface area contributed by atoms with Crippen LogP contribution in [0.1, 0.15) is 12.5 Å². The van der Waals surface area contributed by atoms with Crippen LogP contribution in [-0.4, -0.2) is 27.7 Å². The zero-order chi connectivity index (χ0) is 15.6. The van der Waals surface area contributed by atoms with Crippen LogP contribution in [0, 0.1) is 0 Å². The summed E-state index contributed by atoms with van der Waals surface area (Å²) in [6.07, 6.45) is 0. The van der Waals surface area contributed by atoms with E-state index in [0.29, 0.717) is 16.8 Å². The van der Waals surface area contributed by atoms with Gasteiger partial charge in [-0.15, -0.1) is 0 Å². The molecule has 0 aliphatic carbocycles. The summed E-state index contributed by atoms with van der Waals surface area (Å²) in [7, 11) is -2.66. The zero-order valence-electron chi connectivity index (χ0n) is 11.7. The maximum Gasteiger partial charge on any atom is 0.342 e. The van der Waals surface area contributed by atoms with E-state index in [1.165, 1.54) is 6.92 Å². The van der Waals surface area contributed by atoms with Crippen LogP contribution in [0.15, 0.2) is 29.1 Å². The number of fused-ring (bicyclic) bond motifs is 1. The summed E-state index contributed by atoms with van der Waals surface area (Å²) in [5, 5.41) is 3.47. The Labute approximate surface area is 121 Å². The van der Waals surface area contributed by atoms with Crippen LogP contribution < -0.4 is 15.6 Å². The third kappa shape index (κ3) is 3.71. The molecule has 1 heterocycles. The van der Waals surface area contributed by atoms with Crippen LogP contribution in [0.25, 0.3) is 10.9 Å². The molecule has 1 unspecified atom stereocenters. The van der Waals surface area contributed by atoms with Gasteiger partial charge in [-0.05, 0) is 30.5 Å². The molecular formula is C13H17N2O5P. The normalized spacial score (nSPS) is 13.3. The molecule has 114 valence electrons. The van der Waals surface area contributed by atoms with E-state index in [0.717, 1.165) is 5.39 Å². The predicted molar refractivity (Wildman–Crippen MR) is 79.5 cm³/mol. The number of hydrogen-bond donors (Lipinski definition) is 4. The van der Waals surface area contributed by atoms with E-state index in [2.05, 4.69) is 10.3 Å². The first kappa shape index (κ1) is 15.7. The number of methoxy groups -OCH3 is 1. The Morgan fingerprint density at radius 2 is 2.10 bits per heavy atom. The third-order valence-corrected chi connectivity index (χ3v) is 4.41. The fourth-order valence-corrected chi connectivity index (χ4v) is 2.19. The van der Waals surface area contributed by atoms with Crippen LogP contribution in [0.2, 0.25) is 0 Å². The zero-order valence-corrected chi connectivity index (χ0v) is 12.6. The first-order valence-corrected chi connectivity index (χ1v) is 7.98. The Hall–Kier alpha value is -1.66. The average Bonchev–Trinajstić information content (AvgIpc) is 2.43. The monoisotopic (exact) mass is 312 g/mol. The van der Waals surface area contributed by atoms with E-state index in [4.69, 9.17) is 14.5 Å². The van der Waals surface area contributed by atoms with Crippen molar-refractivity contribution >= 4 is 18.5 Å². The van der Waals surface area contributed by atoms with Gasteiger partial charge in [-0.25, -0.2) is 0 Å². The van der Waals surface area contributed by atoms with Gasteiger partial charge in [0.2, 0.25) is 0 Å². The van der Waals surface area contributed by atoms with Crippen molar-refractivity contribution in [1.29, 1.82) is 0 Å². The van der Waals surface area contributed by atoms with Gasteiger partial charge in [0.05, 0.1) is 12.6 Å². The summed E-state index contributed by atoms with van der Waals surface area (Å²) in [5.41, 5.74) is 0.750. The first-order valence-electron chi connectivity index (χ1n) is 6.30. The molecular weight excluding hydrogens is 295 g/mol. The lowest BCUT2D eigenvalue weighted by Gasteiger charge is -2.15. The number of aromatic amines is 1. The molecule has 8 heteroatoms. The number of ether oxygens (including phenoxy) is 1. The van der Waals surface area contributed by atoms with Crippen LogP contribution in [0.5, 0.6) is 5.75 Å². The molecule has 4 N–H and O–H groups in total. The van der Waals surface area contributed by atoms with Crippen molar-refractivity contribution in [1.82, 2.24) is 10.3 Å². The molecule has 1 aromatic carbocycles. The van der Waals surface area contributed by atoms with Crippen molar-refractivity contribution in [2.24, 2.45) is 0 Å². The Morgan fingerprint density at radius 3 is 2.71 bits per heavy atom. The molecule has 0 radical (unpaired) electrons. The van der Waals surface area contributed by atoms with Gasteiger partial charge in [-0.3, -0.25) is 14.7 Å². The van der Waals surface area contributed by atoms with E-state index >= 15 is 0 Å². The lowest BCUT2D eigenvalue weighted by Crippen LogP contribution is -2.28. The highest BCUT2D eigenvalue weighted by molar-refractivity contribution is 7.52. The highest BCUT2D eigenvalue weighted by atomic mass is 31.2. The fraction of sp³-hybridized carbons (Fsp3) is 0.308. The highest BCUT2D eigenvalue weighted by Gasteiger charge is 2.23. The van der Waals surface area contributed by atoms with Gasteiger partial charge in [-0.1, -0.05) is 0 Å². The fourth-order valence-electron chi connectivity index (χ4n) is 1.86. The molecule has 0 fully saturated rings. The molecule has 2 rings (SSSR count). The molecule has 0 bridgehead atoms. The van der Waals surface area contributed by atoms with Crippen LogP contribution in [-0.2, 0) is 11.1 Å². The molecule has 0 saturated heterocycles. The van der Waals surface area contributed by atoms with E-state index in [9.17, 15) is 9.36 Å². The standard InChI is InChI=1S/C13H17N2O5P/c1-8(21(17,18)19)14-7-10-5-9-3-4-11(20-2)6-12(9)15-13(10)16/h3-6,8,14H,7H2,1-2H3,(H,15,16)(H2,17,18,19). The highest BCUT2D eigenvalue weighted by Crippen LogP contribution is 2.39. The molecule has 1 aromatic heterocycles. The predicted octanol–water partition coefficient (Wildman–Crippen LogP) is 1.15. The number of rotatable bonds is 5. The van der Waals surface area contributed by atoms with Crippen molar-refractivity contribution in [3.63, 3.8) is 0 Å². The van der Waals surface area contributed by atoms with Crippen molar-refractivity contribution < 1.29 is 19.1 Å². The SMILES string of the molecule is COc1ccc2cc(CNC(C)P(=O)(O)O)c(=O)[nH]c2c1. The molecule has 1 atom stereocenters. The molecule has 0 aliphatic heterocycles. The summed E-state index contributed by atoms with van der Waals surface area (Å²) < 4.78 is 16.1. The number of hydrogen-bond acceptors (Lipinski definition) is 4. The Kier molecular flexibility index (Phi) is 4.49. The van der Waals surface area contributed by atoms with Crippen molar-refractivity contribution in [2.75, 3.05) is 7.11 Å². The number of H-pyrrole nitrogens is 1. The minimum Gasteiger partial charge on any atom is -0.497 e. The summed E-state index contributed by atoms with van der Waals surface area (Å²) >= 11 is 0. The van der Waals surface area contributed by atoms with Crippen molar-refractivity contribution in [3.8, 4) is 5.75 Å². The Bertz CT molecular complexity index is 752. The van der Waals surface area contributed by atoms with E-state index in [1.54, 1.807) is 31.4 Å². The quantitative estimate of drug-likeness (QED) is 0.616. The minimum atomic E-state index is -4.21. The Balaban J connectivity index is 2.27. The van der Waals surface area contributed by atoms with Gasteiger partial charge in [0.15, 0.2) is 0 Å². The maximum absolute atomic E-state index is 12.0.